The Hall–Kier alpha value is -2.11. The van der Waals surface area contributed by atoms with Crippen LogP contribution in [0.5, 0.6) is 0 Å². The van der Waals surface area contributed by atoms with Gasteiger partial charge in [0.15, 0.2) is 5.69 Å². The van der Waals surface area contributed by atoms with Gasteiger partial charge in [0.05, 0.1) is 15.6 Å². The fourth-order valence-electron chi connectivity index (χ4n) is 3.61. The van der Waals surface area contributed by atoms with Crippen molar-refractivity contribution in [3.63, 3.8) is 0 Å². The topological polar surface area (TPSA) is 84.3 Å². The highest BCUT2D eigenvalue weighted by Crippen LogP contribution is 2.35. The first kappa shape index (κ1) is 24.5. The Morgan fingerprint density at radius 2 is 1.84 bits per heavy atom. The van der Waals surface area contributed by atoms with Crippen LogP contribution in [0, 0.1) is 12.8 Å². The van der Waals surface area contributed by atoms with Crippen molar-refractivity contribution in [1.29, 1.82) is 0 Å². The number of rotatable bonds is 7. The second-order valence-corrected chi connectivity index (χ2v) is 9.92. The van der Waals surface area contributed by atoms with Crippen LogP contribution in [-0.2, 0) is 27.5 Å². The fraction of sp³-hybridized carbons (Fsp3) is 0.500. The van der Waals surface area contributed by atoms with Crippen LogP contribution in [0.3, 0.4) is 0 Å². The highest BCUT2D eigenvalue weighted by Gasteiger charge is 2.38. The summed E-state index contributed by atoms with van der Waals surface area (Å²) in [4.78, 5) is 12.6. The molecule has 1 aliphatic rings. The zero-order valence-corrected chi connectivity index (χ0v) is 19.0. The van der Waals surface area contributed by atoms with E-state index in [4.69, 9.17) is 11.6 Å². The van der Waals surface area contributed by atoms with Crippen molar-refractivity contribution in [2.24, 2.45) is 5.92 Å². The van der Waals surface area contributed by atoms with E-state index in [1.165, 1.54) is 15.9 Å². The molecule has 1 N–H and O–H groups in total. The number of amides is 1. The van der Waals surface area contributed by atoms with Crippen LogP contribution < -0.4 is 5.32 Å². The van der Waals surface area contributed by atoms with E-state index in [1.54, 1.807) is 30.3 Å². The molecule has 0 aliphatic carbocycles. The molecule has 1 saturated heterocycles. The van der Waals surface area contributed by atoms with E-state index in [9.17, 15) is 26.4 Å². The van der Waals surface area contributed by atoms with Gasteiger partial charge < -0.3 is 5.32 Å². The summed E-state index contributed by atoms with van der Waals surface area (Å²) in [5.74, 6) is -0.497. The van der Waals surface area contributed by atoms with Crippen molar-refractivity contribution in [2.75, 3.05) is 19.6 Å². The molecule has 1 aliphatic heterocycles. The highest BCUT2D eigenvalue weighted by atomic mass is 35.5. The number of carbonyl (C=O) groups is 1. The number of hydrogen-bond acceptors (Lipinski definition) is 4. The summed E-state index contributed by atoms with van der Waals surface area (Å²) in [6.07, 6.45) is -3.44. The number of carbonyl (C=O) groups excluding carboxylic acids is 1. The summed E-state index contributed by atoms with van der Waals surface area (Å²) < 4.78 is 66.5. The van der Waals surface area contributed by atoms with Crippen LogP contribution in [0.2, 0.25) is 5.02 Å². The standard InChI is InChI=1S/C20H24ClF3N4O3S/c1-14-17(21)18(20(22,23)24)26-28(14)11-5-10-25-19(29)15-8-12-27(13-9-15)32(30,31)16-6-3-2-4-7-16/h2-4,6-7,15H,5,8-13H2,1H3,(H,25,29). The first-order chi connectivity index (χ1) is 15.0. The SMILES string of the molecule is Cc1c(Cl)c(C(F)(F)F)nn1CCCNC(=O)C1CCN(S(=O)(=O)c2ccccc2)CC1. The number of nitrogens with one attached hydrogen (secondary N) is 1. The molecule has 32 heavy (non-hydrogen) atoms. The lowest BCUT2D eigenvalue weighted by Gasteiger charge is -2.30. The number of hydrogen-bond donors (Lipinski definition) is 1. The largest absolute Gasteiger partial charge is 0.436 e. The van der Waals surface area contributed by atoms with Gasteiger partial charge in [-0.15, -0.1) is 0 Å². The molecule has 176 valence electrons. The zero-order valence-electron chi connectivity index (χ0n) is 17.4. The van der Waals surface area contributed by atoms with Gasteiger partial charge in [0.2, 0.25) is 15.9 Å². The van der Waals surface area contributed by atoms with Gasteiger partial charge in [0.25, 0.3) is 0 Å². The maximum absolute atomic E-state index is 12.9. The number of benzene rings is 1. The third kappa shape index (κ3) is 5.44. The second-order valence-electron chi connectivity index (χ2n) is 7.60. The quantitative estimate of drug-likeness (QED) is 0.600. The summed E-state index contributed by atoms with van der Waals surface area (Å²) in [5, 5.41) is 5.89. The molecule has 12 heteroatoms. The number of aromatic nitrogens is 2. The molecule has 1 aromatic heterocycles. The predicted molar refractivity (Wildman–Crippen MR) is 113 cm³/mol. The minimum absolute atomic E-state index is 0.176. The van der Waals surface area contributed by atoms with Gasteiger partial charge in [-0.2, -0.15) is 22.6 Å². The van der Waals surface area contributed by atoms with Crippen molar-refractivity contribution in [2.45, 2.75) is 43.8 Å². The molecule has 2 aromatic rings. The van der Waals surface area contributed by atoms with Crippen molar-refractivity contribution < 1.29 is 26.4 Å². The monoisotopic (exact) mass is 492 g/mol. The van der Waals surface area contributed by atoms with Gasteiger partial charge >= 0.3 is 6.18 Å². The van der Waals surface area contributed by atoms with E-state index in [1.807, 2.05) is 0 Å². The number of piperidine rings is 1. The van der Waals surface area contributed by atoms with E-state index >= 15 is 0 Å². The maximum Gasteiger partial charge on any atom is 0.436 e. The molecule has 0 saturated carbocycles. The van der Waals surface area contributed by atoms with E-state index in [0.717, 1.165) is 0 Å². The Kier molecular flexibility index (Phi) is 7.51. The fourth-order valence-corrected chi connectivity index (χ4v) is 5.34. The zero-order chi connectivity index (χ0) is 23.5. The van der Waals surface area contributed by atoms with Crippen LogP contribution in [0.4, 0.5) is 13.2 Å². The second kappa shape index (κ2) is 9.80. The maximum atomic E-state index is 12.9. The molecule has 1 amide bonds. The number of alkyl halides is 3. The first-order valence-corrected chi connectivity index (χ1v) is 12.0. The van der Waals surface area contributed by atoms with E-state index < -0.39 is 26.9 Å². The Morgan fingerprint density at radius 1 is 1.22 bits per heavy atom. The Labute approximate surface area is 189 Å². The lowest BCUT2D eigenvalue weighted by Crippen LogP contribution is -2.43. The van der Waals surface area contributed by atoms with Crippen LogP contribution in [0.25, 0.3) is 0 Å². The van der Waals surface area contributed by atoms with Crippen LogP contribution in [-0.4, -0.2) is 48.0 Å². The van der Waals surface area contributed by atoms with Crippen LogP contribution in [0.15, 0.2) is 35.2 Å². The normalized spacial score (nSPS) is 16.3. The molecule has 0 bridgehead atoms. The van der Waals surface area contributed by atoms with Gasteiger partial charge in [-0.05, 0) is 38.3 Å². The Balaban J connectivity index is 1.45. The average Bonchev–Trinajstić information content (AvgIpc) is 3.06. The summed E-state index contributed by atoms with van der Waals surface area (Å²) >= 11 is 5.73. The predicted octanol–water partition coefficient (Wildman–Crippen LogP) is 3.47. The Morgan fingerprint density at radius 3 is 2.41 bits per heavy atom. The van der Waals surface area contributed by atoms with Crippen LogP contribution >= 0.6 is 11.6 Å². The van der Waals surface area contributed by atoms with Gasteiger partial charge in [-0.3, -0.25) is 9.48 Å². The first-order valence-electron chi connectivity index (χ1n) is 10.1. The molecular formula is C20H24ClF3N4O3S. The van der Waals surface area contributed by atoms with Crippen molar-refractivity contribution in [3.8, 4) is 0 Å². The third-order valence-electron chi connectivity index (χ3n) is 5.45. The minimum Gasteiger partial charge on any atom is -0.356 e. The highest BCUT2D eigenvalue weighted by molar-refractivity contribution is 7.89. The third-order valence-corrected chi connectivity index (χ3v) is 7.82. The molecule has 7 nitrogen and oxygen atoms in total. The van der Waals surface area contributed by atoms with Gasteiger partial charge in [-0.1, -0.05) is 29.8 Å². The molecule has 0 radical (unpaired) electrons. The van der Waals surface area contributed by atoms with Gasteiger partial charge in [0, 0.05) is 32.1 Å². The molecule has 2 heterocycles. The molecule has 0 spiro atoms. The Bertz CT molecular complexity index is 1050. The van der Waals surface area contributed by atoms with Crippen molar-refractivity contribution in [3.05, 3.63) is 46.7 Å². The summed E-state index contributed by atoms with van der Waals surface area (Å²) in [5.41, 5.74) is -0.893. The molecule has 1 aromatic carbocycles. The summed E-state index contributed by atoms with van der Waals surface area (Å²) in [6.45, 7) is 2.40. The van der Waals surface area contributed by atoms with E-state index in [2.05, 4.69) is 10.4 Å². The number of nitrogens with zero attached hydrogens (tertiary/aromatic N) is 3. The smallest absolute Gasteiger partial charge is 0.356 e. The average molecular weight is 493 g/mol. The van der Waals surface area contributed by atoms with Crippen LogP contribution in [0.1, 0.15) is 30.7 Å². The molecule has 1 fully saturated rings. The summed E-state index contributed by atoms with van der Waals surface area (Å²) in [6, 6.07) is 8.15. The number of aryl methyl sites for hydroxylation is 1. The van der Waals surface area contributed by atoms with Crippen molar-refractivity contribution in [1.82, 2.24) is 19.4 Å². The molecule has 3 rings (SSSR count). The molecule has 0 unspecified atom stereocenters. The lowest BCUT2D eigenvalue weighted by molar-refractivity contribution is -0.141. The molecule has 0 atom stereocenters. The minimum atomic E-state index is -4.62. The summed E-state index contributed by atoms with van der Waals surface area (Å²) in [7, 11) is -3.58. The molecular weight excluding hydrogens is 469 g/mol. The number of sulfonamides is 1. The van der Waals surface area contributed by atoms with E-state index in [-0.39, 0.29) is 48.6 Å². The van der Waals surface area contributed by atoms with Gasteiger partial charge in [-0.25, -0.2) is 8.42 Å². The van der Waals surface area contributed by atoms with Crippen molar-refractivity contribution >= 4 is 27.5 Å². The van der Waals surface area contributed by atoms with Gasteiger partial charge in [0.1, 0.15) is 0 Å². The number of halogens is 4. The lowest BCUT2D eigenvalue weighted by atomic mass is 9.97. The van der Waals surface area contributed by atoms with E-state index in [0.29, 0.717) is 19.3 Å².